The highest BCUT2D eigenvalue weighted by molar-refractivity contribution is 5.93. The highest BCUT2D eigenvalue weighted by Crippen LogP contribution is 2.45. The Kier molecular flexibility index (Phi) is 18.6. The van der Waals surface area contributed by atoms with Crippen molar-refractivity contribution in [1.82, 2.24) is 0 Å². The van der Waals surface area contributed by atoms with Gasteiger partial charge in [-0.2, -0.15) is 0 Å². The Bertz CT molecular complexity index is 889. The van der Waals surface area contributed by atoms with E-state index >= 15 is 0 Å². The summed E-state index contributed by atoms with van der Waals surface area (Å²) in [5, 5.41) is 32.3. The van der Waals surface area contributed by atoms with E-state index in [9.17, 15) is 24.9 Å². The normalized spacial score (nSPS) is 22.4. The fraction of sp³-hybridized carbons (Fsp3) is 0.850. The molecule has 264 valence electrons. The zero-order chi connectivity index (χ0) is 33.0. The molecule has 6 nitrogen and oxygen atoms in total. The summed E-state index contributed by atoms with van der Waals surface area (Å²) in [6, 6.07) is 0. The smallest absolute Gasteiger partial charge is 0.335 e. The maximum absolute atomic E-state index is 14.9. The third-order valence-electron chi connectivity index (χ3n) is 11.3. The molecule has 46 heavy (non-hydrogen) atoms. The first-order valence-electron chi connectivity index (χ1n) is 19.5. The van der Waals surface area contributed by atoms with Gasteiger partial charge in [0.25, 0.3) is 0 Å². The van der Waals surface area contributed by atoms with Gasteiger partial charge in [0.2, 0.25) is 0 Å². The van der Waals surface area contributed by atoms with Crippen LogP contribution >= 0.6 is 0 Å². The Morgan fingerprint density at radius 3 is 1.24 bits per heavy atom. The molecule has 0 radical (unpaired) electrons. The molecule has 0 aromatic carbocycles. The van der Waals surface area contributed by atoms with Crippen LogP contribution in [0.15, 0.2) is 22.8 Å². The number of carboxylic acid groups (broad SMARTS) is 1. The van der Waals surface area contributed by atoms with Gasteiger partial charge in [-0.25, -0.2) is 9.59 Å². The van der Waals surface area contributed by atoms with Gasteiger partial charge in [0.05, 0.1) is 24.2 Å². The fourth-order valence-corrected chi connectivity index (χ4v) is 8.54. The summed E-state index contributed by atoms with van der Waals surface area (Å²) in [4.78, 5) is 27.0. The van der Waals surface area contributed by atoms with E-state index in [1.807, 2.05) is 0 Å². The number of carbonyl (C=O) groups excluding carboxylic acids is 1. The molecule has 0 saturated heterocycles. The Morgan fingerprint density at radius 1 is 0.587 bits per heavy atom. The zero-order valence-corrected chi connectivity index (χ0v) is 29.4. The van der Waals surface area contributed by atoms with E-state index in [4.69, 9.17) is 4.74 Å². The molecule has 0 bridgehead atoms. The summed E-state index contributed by atoms with van der Waals surface area (Å²) < 4.78 is 6.51. The molecule has 3 aliphatic rings. The van der Waals surface area contributed by atoms with E-state index in [1.165, 1.54) is 96.5 Å². The predicted molar refractivity (Wildman–Crippen MR) is 187 cm³/mol. The van der Waals surface area contributed by atoms with Crippen molar-refractivity contribution >= 4 is 11.9 Å². The molecule has 0 spiro atoms. The largest absolute Gasteiger partial charge is 0.478 e. The van der Waals surface area contributed by atoms with Gasteiger partial charge < -0.3 is 20.1 Å². The van der Waals surface area contributed by atoms with Gasteiger partial charge in [-0.1, -0.05) is 134 Å². The van der Waals surface area contributed by atoms with Crippen LogP contribution in [0.5, 0.6) is 0 Å². The lowest BCUT2D eigenvalue weighted by atomic mass is 9.68. The van der Waals surface area contributed by atoms with E-state index in [0.29, 0.717) is 5.57 Å². The second kappa shape index (κ2) is 22.1. The summed E-state index contributed by atoms with van der Waals surface area (Å²) in [5.41, 5.74) is -0.0126. The summed E-state index contributed by atoms with van der Waals surface area (Å²) in [6.45, 7) is 0.428. The molecular formula is C40H68O6. The van der Waals surface area contributed by atoms with Crippen molar-refractivity contribution < 1.29 is 29.6 Å². The van der Waals surface area contributed by atoms with E-state index in [-0.39, 0.29) is 23.5 Å². The molecular weight excluding hydrogens is 576 g/mol. The molecule has 0 heterocycles. The van der Waals surface area contributed by atoms with Crippen LogP contribution in [0.1, 0.15) is 180 Å². The Morgan fingerprint density at radius 2 is 0.913 bits per heavy atom. The minimum absolute atomic E-state index is 0.0309. The fourth-order valence-electron chi connectivity index (χ4n) is 8.54. The maximum atomic E-state index is 14.9. The van der Waals surface area contributed by atoms with Gasteiger partial charge in [-0.05, 0) is 70.1 Å². The summed E-state index contributed by atoms with van der Waals surface area (Å²) >= 11 is 0. The number of hydrogen-bond donors (Lipinski definition) is 3. The molecule has 0 amide bonds. The van der Waals surface area contributed by atoms with Crippen molar-refractivity contribution in [3.63, 3.8) is 0 Å². The van der Waals surface area contributed by atoms with E-state index in [2.05, 4.69) is 0 Å². The summed E-state index contributed by atoms with van der Waals surface area (Å²) in [7, 11) is 0. The van der Waals surface area contributed by atoms with Crippen LogP contribution in [0, 0.1) is 17.3 Å². The van der Waals surface area contributed by atoms with Crippen LogP contribution in [0.4, 0.5) is 0 Å². The monoisotopic (exact) mass is 645 g/mol. The SMILES string of the molecule is CC(=CC(CO)(CO)C(C(=O)OC1CCCCCCCCC1)=C(C1CCCCCCCCC1)C1CCCCCCCCC1)C(=O)O. The number of carboxylic acids is 1. The van der Waals surface area contributed by atoms with Gasteiger partial charge in [-0.3, -0.25) is 0 Å². The van der Waals surface area contributed by atoms with Gasteiger partial charge in [-0.15, -0.1) is 0 Å². The van der Waals surface area contributed by atoms with Gasteiger partial charge in [0.15, 0.2) is 0 Å². The molecule has 0 aromatic rings. The number of esters is 1. The molecule has 0 aromatic heterocycles. The molecule has 6 heteroatoms. The second-order valence-corrected chi connectivity index (χ2v) is 15.0. The van der Waals surface area contributed by atoms with Crippen molar-refractivity contribution in [3.8, 4) is 0 Å². The third-order valence-corrected chi connectivity index (χ3v) is 11.3. The minimum atomic E-state index is -1.52. The maximum Gasteiger partial charge on any atom is 0.335 e. The van der Waals surface area contributed by atoms with E-state index in [0.717, 1.165) is 95.5 Å². The molecule has 3 N–H and O–H groups in total. The summed E-state index contributed by atoms with van der Waals surface area (Å²) in [5.74, 6) is -1.21. The standard InChI is InChI=1S/C40H68O6/c1-32(38(43)44)29-40(30-41,31-42)37(39(45)46-35-27-21-15-9-4-10-16-22-28-35)36(33-23-17-11-5-2-6-12-18-24-33)34-25-19-13-7-3-8-14-20-26-34/h29,33-35,41-42H,2-28,30-31H2,1H3,(H,43,44). The first-order valence-corrected chi connectivity index (χ1v) is 19.5. The van der Waals surface area contributed by atoms with Crippen LogP contribution in [0.25, 0.3) is 0 Å². The second-order valence-electron chi connectivity index (χ2n) is 15.0. The number of aliphatic hydroxyl groups is 2. The zero-order valence-electron chi connectivity index (χ0n) is 29.4. The lowest BCUT2D eigenvalue weighted by Gasteiger charge is -2.38. The van der Waals surface area contributed by atoms with Crippen LogP contribution < -0.4 is 0 Å². The molecule has 0 aliphatic heterocycles. The average Bonchev–Trinajstić information content (AvgIpc) is 3.07. The van der Waals surface area contributed by atoms with Crippen molar-refractivity contribution in [2.75, 3.05) is 13.2 Å². The lowest BCUT2D eigenvalue weighted by molar-refractivity contribution is -0.147. The van der Waals surface area contributed by atoms with Gasteiger partial charge >= 0.3 is 11.9 Å². The van der Waals surface area contributed by atoms with Crippen LogP contribution in [-0.4, -0.2) is 46.6 Å². The van der Waals surface area contributed by atoms with E-state index < -0.39 is 30.6 Å². The van der Waals surface area contributed by atoms with Gasteiger partial charge in [0, 0.05) is 5.57 Å². The molecule has 0 unspecified atom stereocenters. The third kappa shape index (κ3) is 12.7. The topological polar surface area (TPSA) is 104 Å². The highest BCUT2D eigenvalue weighted by Gasteiger charge is 2.43. The molecule has 3 saturated carbocycles. The molecule has 3 aliphatic carbocycles. The average molecular weight is 645 g/mol. The van der Waals surface area contributed by atoms with Crippen LogP contribution in [-0.2, 0) is 14.3 Å². The summed E-state index contributed by atoms with van der Waals surface area (Å²) in [6.07, 6.45) is 31.6. The number of hydrogen-bond acceptors (Lipinski definition) is 5. The minimum Gasteiger partial charge on any atom is -0.478 e. The van der Waals surface area contributed by atoms with Crippen molar-refractivity contribution in [2.45, 2.75) is 186 Å². The predicted octanol–water partition coefficient (Wildman–Crippen LogP) is 10.0. The Balaban J connectivity index is 2.22. The van der Waals surface area contributed by atoms with Crippen molar-refractivity contribution in [2.24, 2.45) is 17.3 Å². The van der Waals surface area contributed by atoms with Crippen molar-refractivity contribution in [3.05, 3.63) is 22.8 Å². The Hall–Kier alpha value is -1.66. The molecule has 3 fully saturated rings. The van der Waals surface area contributed by atoms with Crippen molar-refractivity contribution in [1.29, 1.82) is 0 Å². The van der Waals surface area contributed by atoms with Crippen LogP contribution in [0.3, 0.4) is 0 Å². The molecule has 0 atom stereocenters. The lowest BCUT2D eigenvalue weighted by Crippen LogP contribution is -2.39. The highest BCUT2D eigenvalue weighted by atomic mass is 16.5. The number of aliphatic carboxylic acids is 1. The Labute approximate surface area is 280 Å². The quantitative estimate of drug-likeness (QED) is 0.170. The number of allylic oxidation sites excluding steroid dienone is 1. The number of carbonyl (C=O) groups is 2. The number of aliphatic hydroxyl groups excluding tert-OH is 2. The number of ether oxygens (including phenoxy) is 1. The first-order chi connectivity index (χ1) is 22.4. The van der Waals surface area contributed by atoms with Crippen LogP contribution in [0.2, 0.25) is 0 Å². The molecule has 3 rings (SSSR count). The first kappa shape index (κ1) is 38.8. The number of rotatable bonds is 9. The van der Waals surface area contributed by atoms with Gasteiger partial charge in [0.1, 0.15) is 6.10 Å². The van der Waals surface area contributed by atoms with E-state index in [1.54, 1.807) is 0 Å².